The maximum absolute atomic E-state index is 13.1. The minimum atomic E-state index is -4.54. The van der Waals surface area contributed by atoms with Gasteiger partial charge in [0.2, 0.25) is 5.88 Å². The summed E-state index contributed by atoms with van der Waals surface area (Å²) in [5.74, 6) is 0.102. The van der Waals surface area contributed by atoms with Gasteiger partial charge in [-0.3, -0.25) is 0 Å². The Morgan fingerprint density at radius 2 is 1.71 bits per heavy atom. The maximum Gasteiger partial charge on any atom is 0.417 e. The zero-order valence-corrected chi connectivity index (χ0v) is 18.4. The zero-order chi connectivity index (χ0) is 24.9. The summed E-state index contributed by atoms with van der Waals surface area (Å²) < 4.78 is 93.4. The third-order valence-corrected chi connectivity index (χ3v) is 5.26. The molecule has 188 valence electrons. The van der Waals surface area contributed by atoms with Gasteiger partial charge in [-0.2, -0.15) is 26.3 Å². The largest absolute Gasteiger partial charge is 0.486 e. The molecule has 2 aromatic rings. The van der Waals surface area contributed by atoms with E-state index >= 15 is 0 Å². The van der Waals surface area contributed by atoms with Crippen molar-refractivity contribution in [2.24, 2.45) is 0 Å². The summed E-state index contributed by atoms with van der Waals surface area (Å²) in [5.41, 5.74) is -1.74. The lowest BCUT2D eigenvalue weighted by Gasteiger charge is -2.37. The standard InChI is InChI=1S/C22H24F6N2O4/c1-3-16-11-17(8-9-30(16)34-20-7-5-15(12-29-20)22(26,27)28)33-18-6-4-14(21(23,24)25)10-19(18)32-13-31-2/h4-7,10,12,16-17H,3,8-9,11,13H2,1-2H3/t16-,17-/m0/s1. The molecule has 6 nitrogen and oxygen atoms in total. The minimum absolute atomic E-state index is 0.0313. The number of hydrogen-bond donors (Lipinski definition) is 0. The Labute approximate surface area is 192 Å². The molecule has 0 N–H and O–H groups in total. The number of hydroxylamine groups is 2. The molecular formula is C22H24F6N2O4. The Hall–Kier alpha value is -2.73. The van der Waals surface area contributed by atoms with Gasteiger partial charge in [-0.15, -0.1) is 5.06 Å². The second-order valence-corrected chi connectivity index (χ2v) is 7.65. The Kier molecular flexibility index (Phi) is 8.13. The van der Waals surface area contributed by atoms with Crippen LogP contribution in [0.2, 0.25) is 0 Å². The van der Waals surface area contributed by atoms with E-state index in [0.29, 0.717) is 32.0 Å². The van der Waals surface area contributed by atoms with Gasteiger partial charge in [-0.05, 0) is 30.7 Å². The molecule has 1 aliphatic rings. The summed E-state index contributed by atoms with van der Waals surface area (Å²) in [6, 6.07) is 4.89. The zero-order valence-electron chi connectivity index (χ0n) is 18.4. The molecular weight excluding hydrogens is 470 g/mol. The molecule has 34 heavy (non-hydrogen) atoms. The predicted molar refractivity (Wildman–Crippen MR) is 108 cm³/mol. The summed E-state index contributed by atoms with van der Waals surface area (Å²) in [6.45, 7) is 2.04. The number of nitrogens with zero attached hydrogens (tertiary/aromatic N) is 2. The van der Waals surface area contributed by atoms with E-state index in [0.717, 1.165) is 24.3 Å². The SMILES string of the molecule is CC[C@H]1C[C@@H](Oc2ccc(C(F)(F)F)cc2OCOC)CCN1Oc1ccc(C(F)(F)F)cn1. The van der Waals surface area contributed by atoms with Crippen molar-refractivity contribution in [3.05, 3.63) is 47.7 Å². The quantitative estimate of drug-likeness (QED) is 0.346. The third-order valence-electron chi connectivity index (χ3n) is 5.26. The van der Waals surface area contributed by atoms with E-state index in [2.05, 4.69) is 4.98 Å². The van der Waals surface area contributed by atoms with Crippen LogP contribution in [0.4, 0.5) is 26.3 Å². The first-order valence-corrected chi connectivity index (χ1v) is 10.5. The first-order valence-electron chi connectivity index (χ1n) is 10.5. The number of rotatable bonds is 8. The number of aromatic nitrogens is 1. The first kappa shape index (κ1) is 25.9. The second-order valence-electron chi connectivity index (χ2n) is 7.65. The number of ether oxygens (including phenoxy) is 3. The highest BCUT2D eigenvalue weighted by Gasteiger charge is 2.34. The van der Waals surface area contributed by atoms with Gasteiger partial charge in [0.05, 0.1) is 11.1 Å². The smallest absolute Gasteiger partial charge is 0.417 e. The van der Waals surface area contributed by atoms with Crippen molar-refractivity contribution in [1.29, 1.82) is 0 Å². The topological polar surface area (TPSA) is 53.0 Å². The van der Waals surface area contributed by atoms with Gasteiger partial charge in [0.1, 0.15) is 6.10 Å². The minimum Gasteiger partial charge on any atom is -0.486 e. The highest BCUT2D eigenvalue weighted by atomic mass is 19.4. The van der Waals surface area contributed by atoms with E-state index in [4.69, 9.17) is 19.0 Å². The molecule has 0 unspecified atom stereocenters. The number of piperidine rings is 1. The molecule has 1 aromatic heterocycles. The Morgan fingerprint density at radius 3 is 2.29 bits per heavy atom. The van der Waals surface area contributed by atoms with Crippen molar-refractivity contribution < 1.29 is 45.4 Å². The molecule has 2 atom stereocenters. The van der Waals surface area contributed by atoms with Crippen LogP contribution in [0.25, 0.3) is 0 Å². The highest BCUT2D eigenvalue weighted by molar-refractivity contribution is 5.44. The van der Waals surface area contributed by atoms with E-state index in [1.807, 2.05) is 6.92 Å². The number of methoxy groups -OCH3 is 1. The lowest BCUT2D eigenvalue weighted by molar-refractivity contribution is -0.140. The van der Waals surface area contributed by atoms with Crippen LogP contribution >= 0.6 is 0 Å². The van der Waals surface area contributed by atoms with Gasteiger partial charge in [-0.25, -0.2) is 4.98 Å². The number of pyridine rings is 1. The Balaban J connectivity index is 1.67. The second kappa shape index (κ2) is 10.7. The summed E-state index contributed by atoms with van der Waals surface area (Å²) in [7, 11) is 1.35. The van der Waals surface area contributed by atoms with Crippen LogP contribution in [0.1, 0.15) is 37.3 Å². The molecule has 0 bridgehead atoms. The molecule has 2 heterocycles. The van der Waals surface area contributed by atoms with Crippen molar-refractivity contribution in [2.75, 3.05) is 20.4 Å². The molecule has 3 rings (SSSR count). The average Bonchev–Trinajstić information content (AvgIpc) is 2.78. The fourth-order valence-corrected chi connectivity index (χ4v) is 3.51. The number of hydrogen-bond acceptors (Lipinski definition) is 6. The van der Waals surface area contributed by atoms with Crippen molar-refractivity contribution in [3.8, 4) is 17.4 Å². The van der Waals surface area contributed by atoms with Gasteiger partial charge < -0.3 is 19.0 Å². The molecule has 0 aliphatic carbocycles. The molecule has 0 amide bonds. The lowest BCUT2D eigenvalue weighted by Crippen LogP contribution is -2.47. The normalized spacial score (nSPS) is 19.6. The van der Waals surface area contributed by atoms with Gasteiger partial charge in [0.15, 0.2) is 18.3 Å². The van der Waals surface area contributed by atoms with Gasteiger partial charge >= 0.3 is 12.4 Å². The molecule has 1 saturated heterocycles. The summed E-state index contributed by atoms with van der Waals surface area (Å²) in [5, 5.41) is 1.63. The van der Waals surface area contributed by atoms with Crippen molar-refractivity contribution in [2.45, 2.75) is 50.7 Å². The highest BCUT2D eigenvalue weighted by Crippen LogP contribution is 2.38. The van der Waals surface area contributed by atoms with Crippen LogP contribution in [-0.4, -0.2) is 42.6 Å². The first-order chi connectivity index (χ1) is 16.0. The van der Waals surface area contributed by atoms with E-state index in [9.17, 15) is 26.3 Å². The van der Waals surface area contributed by atoms with Gasteiger partial charge in [-0.1, -0.05) is 6.92 Å². The van der Waals surface area contributed by atoms with Gasteiger partial charge in [0.25, 0.3) is 0 Å². The fraction of sp³-hybridized carbons (Fsp3) is 0.500. The van der Waals surface area contributed by atoms with Crippen LogP contribution in [0, 0.1) is 0 Å². The predicted octanol–water partition coefficient (Wildman–Crippen LogP) is 5.72. The molecule has 12 heteroatoms. The van der Waals surface area contributed by atoms with Crippen LogP contribution in [0.5, 0.6) is 17.4 Å². The molecule has 1 aromatic carbocycles. The van der Waals surface area contributed by atoms with Crippen molar-refractivity contribution in [3.63, 3.8) is 0 Å². The number of benzene rings is 1. The van der Waals surface area contributed by atoms with Crippen molar-refractivity contribution in [1.82, 2.24) is 10.0 Å². The summed E-state index contributed by atoms with van der Waals surface area (Å²) in [6.07, 6.45) is -7.08. The summed E-state index contributed by atoms with van der Waals surface area (Å²) in [4.78, 5) is 9.42. The molecule has 1 fully saturated rings. The number of halogens is 6. The van der Waals surface area contributed by atoms with E-state index < -0.39 is 23.5 Å². The van der Waals surface area contributed by atoms with E-state index in [1.54, 1.807) is 5.06 Å². The Bertz CT molecular complexity index is 936. The van der Waals surface area contributed by atoms with Crippen LogP contribution in [-0.2, 0) is 17.1 Å². The van der Waals surface area contributed by atoms with Crippen LogP contribution in [0.15, 0.2) is 36.5 Å². The van der Waals surface area contributed by atoms with Crippen molar-refractivity contribution >= 4 is 0 Å². The maximum atomic E-state index is 13.1. The molecule has 0 saturated carbocycles. The molecule has 0 spiro atoms. The van der Waals surface area contributed by atoms with Crippen LogP contribution in [0.3, 0.4) is 0 Å². The lowest BCUT2D eigenvalue weighted by atomic mass is 9.99. The monoisotopic (exact) mass is 494 g/mol. The average molecular weight is 494 g/mol. The van der Waals surface area contributed by atoms with E-state index in [-0.39, 0.29) is 36.3 Å². The van der Waals surface area contributed by atoms with E-state index in [1.165, 1.54) is 13.2 Å². The third kappa shape index (κ3) is 6.66. The molecule has 1 aliphatic heterocycles. The fourth-order valence-electron chi connectivity index (χ4n) is 3.51. The Morgan fingerprint density at radius 1 is 1.00 bits per heavy atom. The molecule has 0 radical (unpaired) electrons. The van der Waals surface area contributed by atoms with Crippen LogP contribution < -0.4 is 14.3 Å². The summed E-state index contributed by atoms with van der Waals surface area (Å²) >= 11 is 0. The number of alkyl halides is 6. The van der Waals surface area contributed by atoms with Gasteiger partial charge in [0, 0.05) is 44.8 Å².